The number of carbonyl (C=O) groups is 1. The number of phenols is 1. The van der Waals surface area contributed by atoms with E-state index in [9.17, 15) is 15.1 Å². The topological polar surface area (TPSA) is 97.5 Å². The van der Waals surface area contributed by atoms with Gasteiger partial charge in [0, 0.05) is 18.7 Å². The Morgan fingerprint density at radius 3 is 2.72 bits per heavy atom. The van der Waals surface area contributed by atoms with Crippen molar-refractivity contribution in [1.29, 1.82) is 0 Å². The maximum absolute atomic E-state index is 12.6. The molecule has 25 heavy (non-hydrogen) atoms. The van der Waals surface area contributed by atoms with Gasteiger partial charge in [-0.05, 0) is 37.9 Å². The molecule has 1 atom stereocenters. The first-order valence-corrected chi connectivity index (χ1v) is 7.64. The van der Waals surface area contributed by atoms with Crippen molar-refractivity contribution < 1.29 is 25.1 Å². The van der Waals surface area contributed by atoms with Crippen molar-refractivity contribution in [2.24, 2.45) is 0 Å². The summed E-state index contributed by atoms with van der Waals surface area (Å²) in [7, 11) is 3.70. The molecule has 0 aliphatic carbocycles. The van der Waals surface area contributed by atoms with Crippen molar-refractivity contribution >= 4 is 17.5 Å². The number of carbonyl (C=O) groups excluding carboxylic acids is 1. The van der Waals surface area contributed by atoms with Crippen molar-refractivity contribution in [2.75, 3.05) is 14.1 Å². The van der Waals surface area contributed by atoms with Crippen molar-refractivity contribution in [2.45, 2.75) is 6.54 Å². The van der Waals surface area contributed by atoms with Crippen LogP contribution in [-0.2, 0) is 6.54 Å². The molecular formula is C18H18N2O5. The molecular weight excluding hydrogens is 324 g/mol. The van der Waals surface area contributed by atoms with E-state index in [4.69, 9.17) is 9.94 Å². The first kappa shape index (κ1) is 17.1. The third-order valence-corrected chi connectivity index (χ3v) is 3.82. The molecule has 0 saturated carbocycles. The van der Waals surface area contributed by atoms with Gasteiger partial charge in [-0.25, -0.2) is 5.21 Å². The second-order valence-electron chi connectivity index (χ2n) is 6.05. The van der Waals surface area contributed by atoms with Crippen molar-refractivity contribution in [1.82, 2.24) is 4.90 Å². The lowest BCUT2D eigenvalue weighted by Crippen LogP contribution is -2.99. The van der Waals surface area contributed by atoms with Gasteiger partial charge in [-0.2, -0.15) is 5.23 Å². The van der Waals surface area contributed by atoms with Crippen LogP contribution in [0.2, 0.25) is 0 Å². The van der Waals surface area contributed by atoms with Crippen molar-refractivity contribution in [3.05, 3.63) is 64.1 Å². The van der Waals surface area contributed by atoms with Crippen LogP contribution in [0.3, 0.4) is 0 Å². The molecule has 0 fully saturated rings. The fraction of sp³-hybridized carbons (Fsp3) is 0.167. The van der Waals surface area contributed by atoms with E-state index in [1.54, 1.807) is 12.1 Å². The Bertz CT molecular complexity index is 859. The molecule has 1 aliphatic heterocycles. The number of hydrogen-bond donors (Lipinski definition) is 3. The molecule has 1 heterocycles. The molecule has 130 valence electrons. The lowest BCUT2D eigenvalue weighted by Gasteiger charge is -2.14. The minimum atomic E-state index is -1.04. The molecule has 0 aromatic heterocycles. The fourth-order valence-corrected chi connectivity index (χ4v) is 2.68. The number of rotatable bonds is 4. The summed E-state index contributed by atoms with van der Waals surface area (Å²) in [6.45, 7) is 0.421. The quantitative estimate of drug-likeness (QED) is 0.575. The number of ketones is 1. The zero-order valence-corrected chi connectivity index (χ0v) is 13.8. The number of hydrogen-bond acceptors (Lipinski definition) is 6. The number of ether oxygens (including phenoxy) is 1. The van der Waals surface area contributed by atoms with E-state index in [1.165, 1.54) is 30.3 Å². The number of quaternary nitrogens is 1. The summed E-state index contributed by atoms with van der Waals surface area (Å²) in [5.41, 5.74) is 1.60. The Kier molecular flexibility index (Phi) is 4.56. The predicted molar refractivity (Wildman–Crippen MR) is 90.7 cm³/mol. The number of nitrogens with one attached hydrogen (secondary N) is 1. The van der Waals surface area contributed by atoms with E-state index < -0.39 is 5.23 Å². The fourth-order valence-electron chi connectivity index (χ4n) is 2.68. The summed E-state index contributed by atoms with van der Waals surface area (Å²) in [5, 5.41) is 29.2. The van der Waals surface area contributed by atoms with E-state index >= 15 is 0 Å². The summed E-state index contributed by atoms with van der Waals surface area (Å²) in [6, 6.07) is 9.24. The monoisotopic (exact) mass is 342 g/mol. The lowest BCUT2D eigenvalue weighted by atomic mass is 10.0. The standard InChI is InChI=1S/C18H18N2O5/c1-19(2)10-14-15(21)7-6-13-17(22)16(25-18(13)14)9-11-4-3-5-12(8-11)20(23)24/h3-9,20-21,23H,10H2,1-2H3. The molecule has 3 N–H and O–H groups in total. The number of Topliss-reactive ketones (excluding diaryl/α,β-unsaturated/α-hetero) is 1. The van der Waals surface area contributed by atoms with E-state index in [0.29, 0.717) is 29.0 Å². The first-order valence-electron chi connectivity index (χ1n) is 7.64. The summed E-state index contributed by atoms with van der Waals surface area (Å²) < 4.78 is 5.71. The lowest BCUT2D eigenvalue weighted by molar-refractivity contribution is -0.991. The molecule has 0 amide bonds. The molecule has 2 aromatic carbocycles. The van der Waals surface area contributed by atoms with Crippen LogP contribution in [0.5, 0.6) is 11.5 Å². The van der Waals surface area contributed by atoms with Gasteiger partial charge in [0.1, 0.15) is 11.5 Å². The Morgan fingerprint density at radius 2 is 2.04 bits per heavy atom. The van der Waals surface area contributed by atoms with Crippen LogP contribution < -0.4 is 9.96 Å². The van der Waals surface area contributed by atoms with Gasteiger partial charge in [0.25, 0.3) is 0 Å². The molecule has 0 bridgehead atoms. The number of benzene rings is 2. The second-order valence-corrected chi connectivity index (χ2v) is 6.05. The molecule has 3 rings (SSSR count). The van der Waals surface area contributed by atoms with Crippen molar-refractivity contribution in [3.8, 4) is 11.5 Å². The summed E-state index contributed by atoms with van der Waals surface area (Å²) in [6.07, 6.45) is 1.51. The van der Waals surface area contributed by atoms with Gasteiger partial charge in [0.2, 0.25) is 5.78 Å². The average Bonchev–Trinajstić information content (AvgIpc) is 2.87. The third-order valence-electron chi connectivity index (χ3n) is 3.82. The highest BCUT2D eigenvalue weighted by molar-refractivity contribution is 6.15. The molecule has 0 saturated heterocycles. The first-order chi connectivity index (χ1) is 11.9. The van der Waals surface area contributed by atoms with Gasteiger partial charge >= 0.3 is 0 Å². The maximum atomic E-state index is 12.6. The van der Waals surface area contributed by atoms with E-state index in [-0.39, 0.29) is 23.0 Å². The minimum Gasteiger partial charge on any atom is -0.595 e. The Balaban J connectivity index is 1.99. The molecule has 7 heteroatoms. The SMILES string of the molecule is CN(C)Cc1c(O)ccc2c1OC(=Cc1cccc([NH+]([O-])O)c1)C2=O. The number of phenolic OH excluding ortho intramolecular Hbond substituents is 1. The predicted octanol–water partition coefficient (Wildman–Crippen LogP) is 1.47. The Labute approximate surface area is 144 Å². The maximum Gasteiger partial charge on any atom is 0.231 e. The van der Waals surface area contributed by atoms with Gasteiger partial charge in [-0.15, -0.1) is 0 Å². The third kappa shape index (κ3) is 3.40. The van der Waals surface area contributed by atoms with Gasteiger partial charge < -0.3 is 20.0 Å². The normalized spacial score (nSPS) is 16.2. The molecule has 7 nitrogen and oxygen atoms in total. The van der Waals surface area contributed by atoms with Crippen molar-refractivity contribution in [3.63, 3.8) is 0 Å². The van der Waals surface area contributed by atoms with Gasteiger partial charge in [0.05, 0.1) is 11.1 Å². The van der Waals surface area contributed by atoms with Gasteiger partial charge in [-0.1, -0.05) is 12.1 Å². The summed E-state index contributed by atoms with van der Waals surface area (Å²) >= 11 is 0. The summed E-state index contributed by atoms with van der Waals surface area (Å²) in [5.74, 6) is 0.215. The molecule has 0 spiro atoms. The van der Waals surface area contributed by atoms with Gasteiger partial charge in [0.15, 0.2) is 11.4 Å². The highest BCUT2D eigenvalue weighted by Crippen LogP contribution is 2.39. The number of nitrogens with zero attached hydrogens (tertiary/aromatic N) is 1. The highest BCUT2D eigenvalue weighted by atomic mass is 16.8. The zero-order valence-electron chi connectivity index (χ0n) is 13.8. The van der Waals surface area contributed by atoms with Crippen LogP contribution in [-0.4, -0.2) is 35.1 Å². The smallest absolute Gasteiger partial charge is 0.231 e. The minimum absolute atomic E-state index is 0.0642. The molecule has 1 unspecified atom stereocenters. The molecule has 1 aliphatic rings. The Morgan fingerprint density at radius 1 is 1.28 bits per heavy atom. The number of allylic oxidation sites excluding steroid dienone is 1. The van der Waals surface area contributed by atoms with E-state index in [2.05, 4.69) is 0 Å². The number of aromatic hydroxyl groups is 1. The van der Waals surface area contributed by atoms with Crippen LogP contribution in [0.1, 0.15) is 21.5 Å². The zero-order chi connectivity index (χ0) is 18.1. The van der Waals surface area contributed by atoms with Crippen LogP contribution in [0.25, 0.3) is 6.08 Å². The van der Waals surface area contributed by atoms with Crippen LogP contribution in [0.4, 0.5) is 5.69 Å². The Hall–Kier alpha value is -2.71. The van der Waals surface area contributed by atoms with Crippen LogP contribution in [0.15, 0.2) is 42.2 Å². The van der Waals surface area contributed by atoms with Gasteiger partial charge in [-0.3, -0.25) is 4.79 Å². The summed E-state index contributed by atoms with van der Waals surface area (Å²) in [4.78, 5) is 14.4. The van der Waals surface area contributed by atoms with Crippen LogP contribution >= 0.6 is 0 Å². The van der Waals surface area contributed by atoms with Crippen LogP contribution in [0, 0.1) is 5.21 Å². The molecule has 0 radical (unpaired) electrons. The second kappa shape index (κ2) is 6.66. The molecule has 2 aromatic rings. The highest BCUT2D eigenvalue weighted by Gasteiger charge is 2.31. The van der Waals surface area contributed by atoms with E-state index in [0.717, 1.165) is 0 Å². The number of fused-ring (bicyclic) bond motifs is 1. The van der Waals surface area contributed by atoms with E-state index in [1.807, 2.05) is 19.0 Å². The largest absolute Gasteiger partial charge is 0.595 e. The average molecular weight is 342 g/mol.